The van der Waals surface area contributed by atoms with E-state index in [2.05, 4.69) is 5.32 Å². The van der Waals surface area contributed by atoms with Gasteiger partial charge in [-0.3, -0.25) is 9.59 Å². The Morgan fingerprint density at radius 3 is 2.07 bits per heavy atom. The summed E-state index contributed by atoms with van der Waals surface area (Å²) in [5.74, 6) is 0.455. The van der Waals surface area contributed by atoms with E-state index in [1.54, 1.807) is 12.1 Å². The summed E-state index contributed by atoms with van der Waals surface area (Å²) in [6, 6.07) is 12.9. The lowest BCUT2D eigenvalue weighted by Gasteiger charge is -2.27. The van der Waals surface area contributed by atoms with Crippen LogP contribution in [0, 0.1) is 0 Å². The largest absolute Gasteiger partial charge is 0.493 e. The maximum Gasteiger partial charge on any atom is 0.317 e. The topological polar surface area (TPSA) is 83.1 Å². The highest BCUT2D eigenvalue weighted by Crippen LogP contribution is 2.42. The fourth-order valence-electron chi connectivity index (χ4n) is 3.97. The molecule has 0 aliphatic heterocycles. The van der Waals surface area contributed by atoms with Crippen LogP contribution in [0.2, 0.25) is 0 Å². The number of hydrogen-bond acceptors (Lipinski definition) is 6. The standard InChI is InChI=1S/C23H27NO6/c1-27-18-13-17(14-19(28-2)21(18)29-3)24-20(25)15-30-22(26)23(11-7-8-12-23)16-9-5-4-6-10-16/h4-6,9-10,13-14H,7-8,11-12,15H2,1-3H3,(H,24,25). The van der Waals surface area contributed by atoms with Crippen LogP contribution in [-0.2, 0) is 19.7 Å². The number of carbonyl (C=O) groups is 2. The average Bonchev–Trinajstić information content (AvgIpc) is 3.28. The molecule has 160 valence electrons. The predicted molar refractivity (Wildman–Crippen MR) is 112 cm³/mol. The molecule has 7 nitrogen and oxygen atoms in total. The van der Waals surface area contributed by atoms with E-state index in [1.807, 2.05) is 30.3 Å². The first-order chi connectivity index (χ1) is 14.5. The molecule has 30 heavy (non-hydrogen) atoms. The number of esters is 1. The van der Waals surface area contributed by atoms with Crippen LogP contribution in [-0.4, -0.2) is 39.8 Å². The van der Waals surface area contributed by atoms with Gasteiger partial charge in [-0.2, -0.15) is 0 Å². The van der Waals surface area contributed by atoms with Crippen LogP contribution in [0.5, 0.6) is 17.2 Å². The summed E-state index contributed by atoms with van der Waals surface area (Å²) in [5, 5.41) is 2.71. The van der Waals surface area contributed by atoms with Crippen molar-refractivity contribution in [1.29, 1.82) is 0 Å². The van der Waals surface area contributed by atoms with Gasteiger partial charge in [0, 0.05) is 17.8 Å². The van der Waals surface area contributed by atoms with Gasteiger partial charge < -0.3 is 24.3 Å². The highest BCUT2D eigenvalue weighted by molar-refractivity contribution is 5.94. The van der Waals surface area contributed by atoms with Crippen molar-refractivity contribution in [3.8, 4) is 17.2 Å². The predicted octanol–water partition coefficient (Wildman–Crippen LogP) is 3.71. The van der Waals surface area contributed by atoms with Crippen LogP contribution < -0.4 is 19.5 Å². The Balaban J connectivity index is 1.68. The maximum atomic E-state index is 13.0. The summed E-state index contributed by atoms with van der Waals surface area (Å²) in [5.41, 5.74) is 0.718. The van der Waals surface area contributed by atoms with Gasteiger partial charge in [0.2, 0.25) is 5.75 Å². The number of methoxy groups -OCH3 is 3. The van der Waals surface area contributed by atoms with Crippen molar-refractivity contribution in [3.05, 3.63) is 48.0 Å². The molecule has 1 fully saturated rings. The Kier molecular flexibility index (Phi) is 6.82. The summed E-state index contributed by atoms with van der Waals surface area (Å²) in [7, 11) is 4.49. The Morgan fingerprint density at radius 2 is 1.53 bits per heavy atom. The molecular formula is C23H27NO6. The van der Waals surface area contributed by atoms with E-state index >= 15 is 0 Å². The molecule has 0 unspecified atom stereocenters. The van der Waals surface area contributed by atoms with Crippen molar-refractivity contribution in [2.45, 2.75) is 31.1 Å². The monoisotopic (exact) mass is 413 g/mol. The van der Waals surface area contributed by atoms with Crippen LogP contribution in [0.3, 0.4) is 0 Å². The lowest BCUT2D eigenvalue weighted by Crippen LogP contribution is -2.36. The molecule has 1 amide bonds. The van der Waals surface area contributed by atoms with Gasteiger partial charge >= 0.3 is 5.97 Å². The minimum absolute atomic E-state index is 0.355. The minimum Gasteiger partial charge on any atom is -0.493 e. The fourth-order valence-corrected chi connectivity index (χ4v) is 3.97. The molecule has 3 rings (SSSR count). The van der Waals surface area contributed by atoms with E-state index < -0.39 is 11.3 Å². The third-order valence-corrected chi connectivity index (χ3v) is 5.46. The molecule has 0 radical (unpaired) electrons. The molecule has 1 saturated carbocycles. The van der Waals surface area contributed by atoms with Gasteiger partial charge in [-0.1, -0.05) is 43.2 Å². The average molecular weight is 413 g/mol. The smallest absolute Gasteiger partial charge is 0.317 e. The van der Waals surface area contributed by atoms with Crippen LogP contribution in [0.1, 0.15) is 31.2 Å². The van der Waals surface area contributed by atoms with Crippen LogP contribution in [0.15, 0.2) is 42.5 Å². The van der Waals surface area contributed by atoms with Gasteiger partial charge in [0.15, 0.2) is 18.1 Å². The molecule has 7 heteroatoms. The second-order valence-electron chi connectivity index (χ2n) is 7.19. The van der Waals surface area contributed by atoms with Gasteiger partial charge in [0.1, 0.15) is 0 Å². The minimum atomic E-state index is -0.673. The maximum absolute atomic E-state index is 13.0. The van der Waals surface area contributed by atoms with Crippen molar-refractivity contribution in [2.24, 2.45) is 0 Å². The molecule has 0 heterocycles. The molecule has 1 aliphatic rings. The first-order valence-electron chi connectivity index (χ1n) is 9.86. The number of carbonyl (C=O) groups excluding carboxylic acids is 2. The SMILES string of the molecule is COc1cc(NC(=O)COC(=O)C2(c3ccccc3)CCCC2)cc(OC)c1OC. The quantitative estimate of drug-likeness (QED) is 0.665. The number of amides is 1. The lowest BCUT2D eigenvalue weighted by atomic mass is 9.79. The van der Waals surface area contributed by atoms with Gasteiger partial charge in [0.25, 0.3) is 5.91 Å². The number of ether oxygens (including phenoxy) is 4. The van der Waals surface area contributed by atoms with E-state index in [1.165, 1.54) is 21.3 Å². The van der Waals surface area contributed by atoms with Gasteiger partial charge in [0.05, 0.1) is 26.7 Å². The van der Waals surface area contributed by atoms with Crippen LogP contribution in [0.4, 0.5) is 5.69 Å². The molecule has 2 aromatic rings. The highest BCUT2D eigenvalue weighted by atomic mass is 16.5. The van der Waals surface area contributed by atoms with E-state index in [0.29, 0.717) is 22.9 Å². The Morgan fingerprint density at radius 1 is 0.933 bits per heavy atom. The van der Waals surface area contributed by atoms with Crippen LogP contribution in [0.25, 0.3) is 0 Å². The fraction of sp³-hybridized carbons (Fsp3) is 0.391. The Labute approximate surface area is 176 Å². The van der Waals surface area contributed by atoms with Gasteiger partial charge in [-0.05, 0) is 18.4 Å². The molecule has 0 saturated heterocycles. The number of hydrogen-bond donors (Lipinski definition) is 1. The molecular weight excluding hydrogens is 386 g/mol. The van der Waals surface area contributed by atoms with Crippen molar-refractivity contribution < 1.29 is 28.5 Å². The second kappa shape index (κ2) is 9.52. The van der Waals surface area contributed by atoms with Gasteiger partial charge in [-0.25, -0.2) is 0 Å². The molecule has 1 N–H and O–H groups in total. The first kappa shape index (κ1) is 21.5. The van der Waals surface area contributed by atoms with Crippen molar-refractivity contribution >= 4 is 17.6 Å². The first-order valence-corrected chi connectivity index (χ1v) is 9.86. The number of nitrogens with one attached hydrogen (secondary N) is 1. The summed E-state index contributed by atoms with van der Waals surface area (Å²) in [6.07, 6.45) is 3.37. The summed E-state index contributed by atoms with van der Waals surface area (Å²) in [4.78, 5) is 25.4. The highest BCUT2D eigenvalue weighted by Gasteiger charge is 2.44. The van der Waals surface area contributed by atoms with Crippen molar-refractivity contribution in [3.63, 3.8) is 0 Å². The Bertz CT molecular complexity index is 865. The Hall–Kier alpha value is -3.22. The molecule has 0 atom stereocenters. The number of anilines is 1. The molecule has 1 aliphatic carbocycles. The van der Waals surface area contributed by atoms with E-state index in [0.717, 1.165) is 31.2 Å². The third kappa shape index (κ3) is 4.35. The summed E-state index contributed by atoms with van der Waals surface area (Å²) < 4.78 is 21.3. The van der Waals surface area contributed by atoms with Crippen molar-refractivity contribution in [1.82, 2.24) is 0 Å². The zero-order chi connectivity index (χ0) is 21.6. The molecule has 0 bridgehead atoms. The van der Waals surface area contributed by atoms with E-state index in [9.17, 15) is 9.59 Å². The van der Waals surface area contributed by atoms with E-state index in [-0.39, 0.29) is 12.6 Å². The molecule has 2 aromatic carbocycles. The lowest BCUT2D eigenvalue weighted by molar-refractivity contribution is -0.153. The number of benzene rings is 2. The van der Waals surface area contributed by atoms with Crippen molar-refractivity contribution in [2.75, 3.05) is 33.3 Å². The molecule has 0 aromatic heterocycles. The summed E-state index contributed by atoms with van der Waals surface area (Å²) in [6.45, 7) is -0.371. The van der Waals surface area contributed by atoms with E-state index in [4.69, 9.17) is 18.9 Å². The van der Waals surface area contributed by atoms with Gasteiger partial charge in [-0.15, -0.1) is 0 Å². The van der Waals surface area contributed by atoms with Crippen LogP contribution >= 0.6 is 0 Å². The second-order valence-corrected chi connectivity index (χ2v) is 7.19. The third-order valence-electron chi connectivity index (χ3n) is 5.46. The number of rotatable bonds is 8. The zero-order valence-corrected chi connectivity index (χ0v) is 17.5. The zero-order valence-electron chi connectivity index (χ0n) is 17.5. The normalized spacial score (nSPS) is 14.6. The summed E-state index contributed by atoms with van der Waals surface area (Å²) >= 11 is 0. The molecule has 0 spiro atoms.